The molecule has 1 amide bonds. The average Bonchev–Trinajstić information content (AvgIpc) is 2.49. The minimum absolute atomic E-state index is 0.0913. The van der Waals surface area contributed by atoms with Crippen LogP contribution in [0.2, 0.25) is 0 Å². The highest BCUT2D eigenvalue weighted by Gasteiger charge is 2.16. The molecule has 0 bridgehead atoms. The maximum Gasteiger partial charge on any atom is 0.259 e. The number of nitriles is 1. The van der Waals surface area contributed by atoms with Gasteiger partial charge in [-0.1, -0.05) is 17.7 Å². The Labute approximate surface area is 122 Å². The van der Waals surface area contributed by atoms with E-state index in [4.69, 9.17) is 10.00 Å². The molecule has 106 valence electrons. The second-order valence-electron chi connectivity index (χ2n) is 4.47. The number of phenols is 1. The Morgan fingerprint density at radius 1 is 1.33 bits per heavy atom. The maximum absolute atomic E-state index is 12.4. The lowest BCUT2D eigenvalue weighted by Crippen LogP contribution is -2.14. The van der Waals surface area contributed by atoms with Crippen LogP contribution in [0.3, 0.4) is 0 Å². The van der Waals surface area contributed by atoms with E-state index in [0.29, 0.717) is 11.3 Å². The van der Waals surface area contributed by atoms with Crippen molar-refractivity contribution in [3.8, 4) is 17.6 Å². The van der Waals surface area contributed by atoms with E-state index in [1.807, 2.05) is 19.1 Å². The number of anilines is 1. The first-order chi connectivity index (χ1) is 10.1. The van der Waals surface area contributed by atoms with Gasteiger partial charge in [0.1, 0.15) is 23.3 Å². The van der Waals surface area contributed by atoms with Crippen LogP contribution in [-0.2, 0) is 0 Å². The zero-order chi connectivity index (χ0) is 15.4. The molecule has 2 rings (SSSR count). The number of para-hydroxylation sites is 1. The molecular formula is C16H14N2O3. The van der Waals surface area contributed by atoms with Crippen molar-refractivity contribution >= 4 is 11.6 Å². The molecule has 5 heteroatoms. The number of aryl methyl sites for hydroxylation is 1. The van der Waals surface area contributed by atoms with Crippen molar-refractivity contribution in [2.24, 2.45) is 0 Å². The van der Waals surface area contributed by atoms with E-state index in [-0.39, 0.29) is 17.0 Å². The Morgan fingerprint density at radius 3 is 2.76 bits per heavy atom. The van der Waals surface area contributed by atoms with E-state index >= 15 is 0 Å². The normalized spacial score (nSPS) is 9.76. The Bertz CT molecular complexity index is 733. The molecule has 0 aliphatic rings. The number of benzene rings is 2. The summed E-state index contributed by atoms with van der Waals surface area (Å²) in [6, 6.07) is 11.6. The van der Waals surface area contributed by atoms with Gasteiger partial charge in [0.05, 0.1) is 18.2 Å². The number of methoxy groups -OCH3 is 1. The van der Waals surface area contributed by atoms with Crippen molar-refractivity contribution in [1.82, 2.24) is 0 Å². The monoisotopic (exact) mass is 282 g/mol. The molecule has 0 unspecified atom stereocenters. The van der Waals surface area contributed by atoms with Crippen LogP contribution in [0.1, 0.15) is 21.5 Å². The highest BCUT2D eigenvalue weighted by molar-refractivity contribution is 6.07. The first-order valence-corrected chi connectivity index (χ1v) is 6.25. The van der Waals surface area contributed by atoms with E-state index in [2.05, 4.69) is 5.32 Å². The molecule has 0 spiro atoms. The lowest BCUT2D eigenvalue weighted by Gasteiger charge is -2.12. The van der Waals surface area contributed by atoms with Gasteiger partial charge in [0.2, 0.25) is 0 Å². The number of aromatic hydroxyl groups is 1. The van der Waals surface area contributed by atoms with Crippen molar-refractivity contribution < 1.29 is 14.6 Å². The Kier molecular flexibility index (Phi) is 4.10. The van der Waals surface area contributed by atoms with Crippen LogP contribution in [0.25, 0.3) is 0 Å². The molecular weight excluding hydrogens is 268 g/mol. The fourth-order valence-electron chi connectivity index (χ4n) is 1.94. The first-order valence-electron chi connectivity index (χ1n) is 6.25. The van der Waals surface area contributed by atoms with Gasteiger partial charge in [-0.25, -0.2) is 0 Å². The predicted molar refractivity (Wildman–Crippen MR) is 78.5 cm³/mol. The molecule has 0 atom stereocenters. The number of amides is 1. The second-order valence-corrected chi connectivity index (χ2v) is 4.47. The fraction of sp³-hybridized carbons (Fsp3) is 0.125. The summed E-state index contributed by atoms with van der Waals surface area (Å²) in [5.74, 6) is -0.186. The van der Waals surface area contributed by atoms with E-state index < -0.39 is 5.91 Å². The van der Waals surface area contributed by atoms with Gasteiger partial charge in [0.25, 0.3) is 5.91 Å². The maximum atomic E-state index is 12.4. The highest BCUT2D eigenvalue weighted by atomic mass is 16.5. The molecule has 2 N–H and O–H groups in total. The molecule has 5 nitrogen and oxygen atoms in total. The van der Waals surface area contributed by atoms with Gasteiger partial charge < -0.3 is 15.2 Å². The van der Waals surface area contributed by atoms with Crippen molar-refractivity contribution in [2.45, 2.75) is 6.92 Å². The first kappa shape index (κ1) is 14.4. The quantitative estimate of drug-likeness (QED) is 0.848. The minimum Gasteiger partial charge on any atom is -0.506 e. The number of ether oxygens (including phenoxy) is 1. The number of nitrogens with zero attached hydrogens (tertiary/aromatic N) is 1. The molecule has 0 aromatic heterocycles. The molecule has 21 heavy (non-hydrogen) atoms. The lowest BCUT2D eigenvalue weighted by atomic mass is 10.1. The van der Waals surface area contributed by atoms with Crippen LogP contribution in [0, 0.1) is 18.3 Å². The highest BCUT2D eigenvalue weighted by Crippen LogP contribution is 2.28. The summed E-state index contributed by atoms with van der Waals surface area (Å²) >= 11 is 0. The van der Waals surface area contributed by atoms with Crippen molar-refractivity contribution in [3.05, 3.63) is 53.1 Å². The average molecular weight is 282 g/mol. The minimum atomic E-state index is -0.450. The fourth-order valence-corrected chi connectivity index (χ4v) is 1.94. The summed E-state index contributed by atoms with van der Waals surface area (Å²) < 4.78 is 5.16. The van der Waals surface area contributed by atoms with E-state index in [1.54, 1.807) is 12.1 Å². The number of hydrogen-bond acceptors (Lipinski definition) is 4. The SMILES string of the molecule is COc1ccc(C)cc1C(=O)Nc1c(O)cccc1C#N. The summed E-state index contributed by atoms with van der Waals surface area (Å²) in [6.07, 6.45) is 0. The topological polar surface area (TPSA) is 82.3 Å². The van der Waals surface area contributed by atoms with Crippen LogP contribution in [-0.4, -0.2) is 18.1 Å². The van der Waals surface area contributed by atoms with E-state index in [1.165, 1.54) is 25.3 Å². The molecule has 0 fully saturated rings. The van der Waals surface area contributed by atoms with Gasteiger partial charge in [0, 0.05) is 0 Å². The number of phenolic OH excluding ortho intramolecular Hbond substituents is 1. The number of carbonyl (C=O) groups is 1. The number of carbonyl (C=O) groups excluding carboxylic acids is 1. The van der Waals surface area contributed by atoms with Gasteiger partial charge in [-0.3, -0.25) is 4.79 Å². The smallest absolute Gasteiger partial charge is 0.259 e. The van der Waals surface area contributed by atoms with Gasteiger partial charge >= 0.3 is 0 Å². The summed E-state index contributed by atoms with van der Waals surface area (Å²) in [5, 5.41) is 21.4. The number of hydrogen-bond donors (Lipinski definition) is 2. The van der Waals surface area contributed by atoms with Gasteiger partial charge in [-0.05, 0) is 31.2 Å². The van der Waals surface area contributed by atoms with E-state index in [9.17, 15) is 9.90 Å². The number of rotatable bonds is 3. The van der Waals surface area contributed by atoms with Crippen LogP contribution < -0.4 is 10.1 Å². The molecule has 0 heterocycles. The molecule has 2 aromatic rings. The Morgan fingerprint density at radius 2 is 2.10 bits per heavy atom. The Balaban J connectivity index is 2.40. The lowest BCUT2D eigenvalue weighted by molar-refractivity contribution is 0.102. The second kappa shape index (κ2) is 5.97. The summed E-state index contributed by atoms with van der Waals surface area (Å²) in [4.78, 5) is 12.4. The standard InChI is InChI=1S/C16H14N2O3/c1-10-6-7-14(21-2)12(8-10)16(20)18-15-11(9-17)4-3-5-13(15)19/h3-8,19H,1-2H3,(H,18,20). The zero-order valence-corrected chi connectivity index (χ0v) is 11.7. The number of nitrogens with one attached hydrogen (secondary N) is 1. The third-order valence-electron chi connectivity index (χ3n) is 3.00. The van der Waals surface area contributed by atoms with Gasteiger partial charge in [-0.15, -0.1) is 0 Å². The third-order valence-corrected chi connectivity index (χ3v) is 3.00. The molecule has 0 saturated heterocycles. The zero-order valence-electron chi connectivity index (χ0n) is 11.7. The molecule has 0 aliphatic heterocycles. The van der Waals surface area contributed by atoms with Gasteiger partial charge in [-0.2, -0.15) is 5.26 Å². The van der Waals surface area contributed by atoms with Crippen molar-refractivity contribution in [1.29, 1.82) is 5.26 Å². The van der Waals surface area contributed by atoms with E-state index in [0.717, 1.165) is 5.56 Å². The summed E-state index contributed by atoms with van der Waals surface area (Å²) in [6.45, 7) is 1.86. The largest absolute Gasteiger partial charge is 0.506 e. The Hall–Kier alpha value is -3.00. The molecule has 0 aliphatic carbocycles. The van der Waals surface area contributed by atoms with Crippen LogP contribution in [0.5, 0.6) is 11.5 Å². The van der Waals surface area contributed by atoms with Crippen LogP contribution >= 0.6 is 0 Å². The molecule has 0 saturated carbocycles. The van der Waals surface area contributed by atoms with Crippen LogP contribution in [0.15, 0.2) is 36.4 Å². The summed E-state index contributed by atoms with van der Waals surface area (Å²) in [5.41, 5.74) is 1.52. The van der Waals surface area contributed by atoms with Crippen LogP contribution in [0.4, 0.5) is 5.69 Å². The predicted octanol–water partition coefficient (Wildman–Crippen LogP) is 2.83. The third kappa shape index (κ3) is 2.95. The van der Waals surface area contributed by atoms with Gasteiger partial charge in [0.15, 0.2) is 0 Å². The summed E-state index contributed by atoms with van der Waals surface area (Å²) in [7, 11) is 1.47. The van der Waals surface area contributed by atoms with Crippen molar-refractivity contribution in [2.75, 3.05) is 12.4 Å². The van der Waals surface area contributed by atoms with Crippen molar-refractivity contribution in [3.63, 3.8) is 0 Å². The molecule has 0 radical (unpaired) electrons. The molecule has 2 aromatic carbocycles.